The first-order chi connectivity index (χ1) is 7.59. The molecule has 0 aliphatic carbocycles. The number of aliphatic hydroxyl groups is 1. The molecule has 3 unspecified atom stereocenters. The summed E-state index contributed by atoms with van der Waals surface area (Å²) >= 11 is 0. The third-order valence-electron chi connectivity index (χ3n) is 3.04. The molecule has 1 aromatic rings. The van der Waals surface area contributed by atoms with Crippen LogP contribution in [-0.2, 0) is 4.74 Å². The van der Waals surface area contributed by atoms with Gasteiger partial charge < -0.3 is 9.84 Å². The van der Waals surface area contributed by atoms with Crippen molar-refractivity contribution >= 4 is 0 Å². The molecule has 1 saturated heterocycles. The van der Waals surface area contributed by atoms with Crippen molar-refractivity contribution in [3.8, 4) is 0 Å². The molecule has 4 heteroatoms. The normalized spacial score (nSPS) is 27.0. The fourth-order valence-electron chi connectivity index (χ4n) is 2.04. The molecule has 1 heterocycles. The zero-order valence-corrected chi connectivity index (χ0v) is 8.99. The van der Waals surface area contributed by atoms with Crippen LogP contribution < -0.4 is 0 Å². The molecule has 1 aromatic carbocycles. The van der Waals surface area contributed by atoms with Gasteiger partial charge in [0.25, 0.3) is 0 Å². The van der Waals surface area contributed by atoms with Crippen LogP contribution in [0.4, 0.5) is 8.78 Å². The summed E-state index contributed by atoms with van der Waals surface area (Å²) in [7, 11) is 0. The zero-order chi connectivity index (χ0) is 11.7. The highest BCUT2D eigenvalue weighted by Gasteiger charge is 2.33. The van der Waals surface area contributed by atoms with E-state index in [0.717, 1.165) is 18.6 Å². The average Bonchev–Trinajstić information content (AvgIpc) is 2.63. The Morgan fingerprint density at radius 2 is 2.19 bits per heavy atom. The molecular weight excluding hydrogens is 214 g/mol. The molecular formula is C12H14F2O2. The smallest absolute Gasteiger partial charge is 0.132 e. The number of ether oxygens (including phenoxy) is 1. The summed E-state index contributed by atoms with van der Waals surface area (Å²) in [5.74, 6) is -1.19. The third-order valence-corrected chi connectivity index (χ3v) is 3.04. The van der Waals surface area contributed by atoms with Crippen molar-refractivity contribution in [1.82, 2.24) is 0 Å². The van der Waals surface area contributed by atoms with Gasteiger partial charge in [0.1, 0.15) is 17.7 Å². The van der Waals surface area contributed by atoms with Crippen LogP contribution in [0.2, 0.25) is 0 Å². The van der Waals surface area contributed by atoms with Crippen molar-refractivity contribution < 1.29 is 18.6 Å². The molecule has 0 radical (unpaired) electrons. The van der Waals surface area contributed by atoms with Crippen LogP contribution in [0.1, 0.15) is 25.0 Å². The summed E-state index contributed by atoms with van der Waals surface area (Å²) in [5, 5.41) is 9.97. The fraction of sp³-hybridized carbons (Fsp3) is 0.500. The van der Waals surface area contributed by atoms with Gasteiger partial charge in [0.05, 0.1) is 6.10 Å². The van der Waals surface area contributed by atoms with E-state index in [4.69, 9.17) is 4.74 Å². The Labute approximate surface area is 92.9 Å². The Bertz CT molecular complexity index is 381. The number of aliphatic hydroxyl groups excluding tert-OH is 1. The maximum absolute atomic E-state index is 13.4. The Morgan fingerprint density at radius 1 is 1.44 bits per heavy atom. The molecule has 16 heavy (non-hydrogen) atoms. The van der Waals surface area contributed by atoms with Crippen molar-refractivity contribution in [1.29, 1.82) is 0 Å². The number of halogens is 2. The van der Waals surface area contributed by atoms with Gasteiger partial charge in [-0.25, -0.2) is 8.78 Å². The summed E-state index contributed by atoms with van der Waals surface area (Å²) in [6, 6.07) is 3.18. The van der Waals surface area contributed by atoms with Gasteiger partial charge in [-0.3, -0.25) is 0 Å². The summed E-state index contributed by atoms with van der Waals surface area (Å²) < 4.78 is 31.5. The molecule has 1 fully saturated rings. The van der Waals surface area contributed by atoms with Crippen molar-refractivity contribution in [3.63, 3.8) is 0 Å². The lowest BCUT2D eigenvalue weighted by Gasteiger charge is -2.22. The van der Waals surface area contributed by atoms with E-state index in [-0.39, 0.29) is 11.5 Å². The molecule has 0 bridgehead atoms. The van der Waals surface area contributed by atoms with Gasteiger partial charge in [0, 0.05) is 18.2 Å². The Hall–Kier alpha value is -1.00. The summed E-state index contributed by atoms with van der Waals surface area (Å²) in [5.41, 5.74) is 0.0974. The maximum atomic E-state index is 13.4. The molecule has 3 atom stereocenters. The monoisotopic (exact) mass is 228 g/mol. The first kappa shape index (κ1) is 11.5. The summed E-state index contributed by atoms with van der Waals surface area (Å²) in [6.45, 7) is 2.52. The quantitative estimate of drug-likeness (QED) is 0.842. The lowest BCUT2D eigenvalue weighted by Crippen LogP contribution is -2.23. The molecule has 1 aliphatic rings. The van der Waals surface area contributed by atoms with Gasteiger partial charge in [-0.05, 0) is 18.4 Å². The summed E-state index contributed by atoms with van der Waals surface area (Å²) in [6.07, 6.45) is -0.581. The molecule has 0 spiro atoms. The Kier molecular flexibility index (Phi) is 3.21. The van der Waals surface area contributed by atoms with Gasteiger partial charge in [0.2, 0.25) is 0 Å². The third kappa shape index (κ3) is 2.08. The minimum Gasteiger partial charge on any atom is -0.386 e. The lowest BCUT2D eigenvalue weighted by molar-refractivity contribution is -0.0194. The van der Waals surface area contributed by atoms with E-state index < -0.39 is 23.8 Å². The Balaban J connectivity index is 2.23. The van der Waals surface area contributed by atoms with Gasteiger partial charge in [-0.2, -0.15) is 0 Å². The van der Waals surface area contributed by atoms with Gasteiger partial charge in [-0.15, -0.1) is 0 Å². The molecule has 0 aromatic heterocycles. The highest BCUT2D eigenvalue weighted by molar-refractivity contribution is 5.22. The van der Waals surface area contributed by atoms with E-state index in [0.29, 0.717) is 6.61 Å². The Morgan fingerprint density at radius 3 is 2.75 bits per heavy atom. The second-order valence-corrected chi connectivity index (χ2v) is 4.21. The molecule has 88 valence electrons. The van der Waals surface area contributed by atoms with Crippen molar-refractivity contribution in [3.05, 3.63) is 35.4 Å². The molecule has 2 rings (SSSR count). The van der Waals surface area contributed by atoms with Crippen LogP contribution in [0, 0.1) is 17.6 Å². The maximum Gasteiger partial charge on any atom is 0.132 e. The SMILES string of the molecule is CC1CCOC1C(O)c1ccc(F)cc1F. The van der Waals surface area contributed by atoms with E-state index in [1.54, 1.807) is 0 Å². The predicted octanol–water partition coefficient (Wildman–Crippen LogP) is 2.42. The van der Waals surface area contributed by atoms with Gasteiger partial charge in [-0.1, -0.05) is 13.0 Å². The van der Waals surface area contributed by atoms with Gasteiger partial charge >= 0.3 is 0 Å². The molecule has 0 saturated carbocycles. The second-order valence-electron chi connectivity index (χ2n) is 4.21. The molecule has 0 amide bonds. The first-order valence-corrected chi connectivity index (χ1v) is 5.34. The van der Waals surface area contributed by atoms with E-state index in [2.05, 4.69) is 0 Å². The van der Waals surface area contributed by atoms with E-state index in [9.17, 15) is 13.9 Å². The van der Waals surface area contributed by atoms with Crippen molar-refractivity contribution in [2.24, 2.45) is 5.92 Å². The molecule has 1 aliphatic heterocycles. The second kappa shape index (κ2) is 4.47. The zero-order valence-electron chi connectivity index (χ0n) is 8.99. The van der Waals surface area contributed by atoms with Crippen LogP contribution >= 0.6 is 0 Å². The minimum absolute atomic E-state index is 0.0974. The number of hydrogen-bond acceptors (Lipinski definition) is 2. The van der Waals surface area contributed by atoms with Crippen LogP contribution in [-0.4, -0.2) is 17.8 Å². The van der Waals surface area contributed by atoms with E-state index >= 15 is 0 Å². The lowest BCUT2D eigenvalue weighted by atomic mass is 9.94. The van der Waals surface area contributed by atoms with Crippen molar-refractivity contribution in [2.45, 2.75) is 25.6 Å². The van der Waals surface area contributed by atoms with Crippen LogP contribution in [0.3, 0.4) is 0 Å². The largest absolute Gasteiger partial charge is 0.386 e. The molecule has 1 N–H and O–H groups in total. The number of benzene rings is 1. The predicted molar refractivity (Wildman–Crippen MR) is 54.8 cm³/mol. The highest BCUT2D eigenvalue weighted by Crippen LogP contribution is 2.32. The van der Waals surface area contributed by atoms with Crippen LogP contribution in [0.15, 0.2) is 18.2 Å². The van der Waals surface area contributed by atoms with E-state index in [1.165, 1.54) is 6.07 Å². The highest BCUT2D eigenvalue weighted by atomic mass is 19.1. The van der Waals surface area contributed by atoms with Crippen LogP contribution in [0.5, 0.6) is 0 Å². The number of hydrogen-bond donors (Lipinski definition) is 1. The summed E-state index contributed by atoms with van der Waals surface area (Å²) in [4.78, 5) is 0. The average molecular weight is 228 g/mol. The van der Waals surface area contributed by atoms with E-state index in [1.807, 2.05) is 6.92 Å². The van der Waals surface area contributed by atoms with Gasteiger partial charge in [0.15, 0.2) is 0 Å². The molecule has 2 nitrogen and oxygen atoms in total. The minimum atomic E-state index is -1.03. The van der Waals surface area contributed by atoms with Crippen LogP contribution in [0.25, 0.3) is 0 Å². The number of rotatable bonds is 2. The fourth-order valence-corrected chi connectivity index (χ4v) is 2.04. The standard InChI is InChI=1S/C12H14F2O2/c1-7-4-5-16-12(7)11(15)9-3-2-8(13)6-10(9)14/h2-3,6-7,11-12,15H,4-5H2,1H3. The van der Waals surface area contributed by atoms with Crippen molar-refractivity contribution in [2.75, 3.05) is 6.61 Å². The topological polar surface area (TPSA) is 29.5 Å². The first-order valence-electron chi connectivity index (χ1n) is 5.34.